The molecule has 0 spiro atoms. The summed E-state index contributed by atoms with van der Waals surface area (Å²) in [5, 5.41) is 7.40. The van der Waals surface area contributed by atoms with E-state index in [1.807, 2.05) is 12.4 Å². The monoisotopic (exact) mass is 727 g/mol. The van der Waals surface area contributed by atoms with Crippen molar-refractivity contribution in [3.8, 4) is 39.6 Å². The molecule has 5 nitrogen and oxygen atoms in total. The first-order chi connectivity index (χ1) is 28.3. The lowest BCUT2D eigenvalue weighted by Gasteiger charge is -2.16. The van der Waals surface area contributed by atoms with Gasteiger partial charge in [0.1, 0.15) is 0 Å². The number of hydrogen-bond donors (Lipinski definition) is 0. The summed E-state index contributed by atoms with van der Waals surface area (Å²) in [7, 11) is 0. The molecule has 0 fully saturated rings. The van der Waals surface area contributed by atoms with Gasteiger partial charge in [0.15, 0.2) is 0 Å². The topological polar surface area (TPSA) is 40.6 Å². The Morgan fingerprint density at radius 2 is 0.596 bits per heavy atom. The predicted molar refractivity (Wildman–Crippen MR) is 236 cm³/mol. The lowest BCUT2D eigenvalue weighted by Crippen LogP contribution is -2.01. The first-order valence-corrected chi connectivity index (χ1v) is 19.3. The van der Waals surface area contributed by atoms with Gasteiger partial charge in [-0.2, -0.15) is 0 Å². The van der Waals surface area contributed by atoms with Crippen LogP contribution in [0.3, 0.4) is 0 Å². The van der Waals surface area contributed by atoms with Crippen molar-refractivity contribution in [2.45, 2.75) is 0 Å². The lowest BCUT2D eigenvalue weighted by atomic mass is 10.1. The largest absolute Gasteiger partial charge is 0.309 e. The Kier molecular flexibility index (Phi) is 6.86. The van der Waals surface area contributed by atoms with E-state index in [1.165, 1.54) is 43.4 Å². The number of para-hydroxylation sites is 6. The minimum absolute atomic E-state index is 0.809. The molecule has 0 saturated carbocycles. The van der Waals surface area contributed by atoms with E-state index in [4.69, 9.17) is 9.97 Å². The number of benzene rings is 8. The van der Waals surface area contributed by atoms with Crippen LogP contribution in [0, 0.1) is 0 Å². The summed E-state index contributed by atoms with van der Waals surface area (Å²) in [4.78, 5) is 10.1. The summed E-state index contributed by atoms with van der Waals surface area (Å²) in [6.45, 7) is 0. The molecule has 0 bridgehead atoms. The van der Waals surface area contributed by atoms with E-state index in [0.717, 1.165) is 61.6 Å². The van der Waals surface area contributed by atoms with Crippen LogP contribution in [0.25, 0.3) is 105 Å². The molecule has 5 heteroatoms. The third kappa shape index (κ3) is 4.82. The fourth-order valence-electron chi connectivity index (χ4n) is 9.03. The minimum Gasteiger partial charge on any atom is -0.309 e. The smallest absolute Gasteiger partial charge is 0.0894 e. The Hall–Kier alpha value is -7.76. The highest BCUT2D eigenvalue weighted by molar-refractivity contribution is 6.11. The molecule has 12 rings (SSSR count). The zero-order chi connectivity index (χ0) is 37.5. The molecule has 0 aliphatic carbocycles. The van der Waals surface area contributed by atoms with E-state index in [-0.39, 0.29) is 0 Å². The Morgan fingerprint density at radius 3 is 0.965 bits per heavy atom. The van der Waals surface area contributed by atoms with Gasteiger partial charge in [0, 0.05) is 60.5 Å². The molecule has 266 valence electrons. The zero-order valence-corrected chi connectivity index (χ0v) is 30.8. The van der Waals surface area contributed by atoms with Crippen LogP contribution < -0.4 is 0 Å². The van der Waals surface area contributed by atoms with Crippen LogP contribution in [0.1, 0.15) is 0 Å². The molecule has 4 heterocycles. The molecule has 4 aromatic heterocycles. The fourth-order valence-corrected chi connectivity index (χ4v) is 9.03. The van der Waals surface area contributed by atoms with E-state index in [1.54, 1.807) is 0 Å². The van der Waals surface area contributed by atoms with Gasteiger partial charge in [-0.05, 0) is 66.7 Å². The summed E-state index contributed by atoms with van der Waals surface area (Å²) >= 11 is 0. The third-order valence-electron chi connectivity index (χ3n) is 11.5. The van der Waals surface area contributed by atoms with E-state index in [9.17, 15) is 0 Å². The van der Waals surface area contributed by atoms with E-state index >= 15 is 0 Å². The van der Waals surface area contributed by atoms with Gasteiger partial charge < -0.3 is 13.7 Å². The van der Waals surface area contributed by atoms with Gasteiger partial charge in [0.25, 0.3) is 0 Å². The maximum absolute atomic E-state index is 5.31. The molecule has 0 amide bonds. The highest BCUT2D eigenvalue weighted by Crippen LogP contribution is 2.38. The van der Waals surface area contributed by atoms with Crippen molar-refractivity contribution in [3.05, 3.63) is 200 Å². The quantitative estimate of drug-likeness (QED) is 0.177. The molecule has 12 aromatic rings. The summed E-state index contributed by atoms with van der Waals surface area (Å²) < 4.78 is 7.11. The van der Waals surface area contributed by atoms with Crippen molar-refractivity contribution < 1.29 is 0 Å². The van der Waals surface area contributed by atoms with Gasteiger partial charge >= 0.3 is 0 Å². The summed E-state index contributed by atoms with van der Waals surface area (Å²) in [5.41, 5.74) is 13.9. The maximum Gasteiger partial charge on any atom is 0.0894 e. The standard InChI is InChI=1S/C52H33N5/c1-7-19-47-39(13-1)40-14-2-8-20-48(40)55(47)36-27-25-34(26-28-36)45-32-53-33-46(54-45)35-29-37(56-49-21-9-3-15-41(49)42-16-4-10-22-50(42)56)31-38(30-35)57-51-23-11-5-17-43(51)44-18-6-12-24-52(44)57/h1-33H. The number of fused-ring (bicyclic) bond motifs is 9. The van der Waals surface area contributed by atoms with Crippen molar-refractivity contribution in [3.63, 3.8) is 0 Å². The van der Waals surface area contributed by atoms with Crippen LogP contribution >= 0.6 is 0 Å². The minimum atomic E-state index is 0.809. The van der Waals surface area contributed by atoms with Crippen LogP contribution in [0.2, 0.25) is 0 Å². The molecule has 0 unspecified atom stereocenters. The van der Waals surface area contributed by atoms with Crippen molar-refractivity contribution >= 4 is 65.4 Å². The molecule has 0 N–H and O–H groups in total. The van der Waals surface area contributed by atoms with Crippen LogP contribution in [-0.4, -0.2) is 23.7 Å². The molecular formula is C52H33N5. The summed E-state index contributed by atoms with van der Waals surface area (Å²) in [6, 6.07) is 67.4. The van der Waals surface area contributed by atoms with Gasteiger partial charge in [0.2, 0.25) is 0 Å². The van der Waals surface area contributed by atoms with Crippen LogP contribution in [0.15, 0.2) is 200 Å². The Morgan fingerprint density at radius 1 is 0.281 bits per heavy atom. The van der Waals surface area contributed by atoms with Crippen molar-refractivity contribution in [2.75, 3.05) is 0 Å². The fraction of sp³-hybridized carbons (Fsp3) is 0. The molecule has 0 atom stereocenters. The summed E-state index contributed by atoms with van der Waals surface area (Å²) in [6.07, 6.45) is 3.75. The normalized spacial score (nSPS) is 11.9. The first-order valence-electron chi connectivity index (χ1n) is 19.3. The molecular weight excluding hydrogens is 695 g/mol. The molecule has 0 radical (unpaired) electrons. The second-order valence-electron chi connectivity index (χ2n) is 14.7. The van der Waals surface area contributed by atoms with E-state index < -0.39 is 0 Å². The average molecular weight is 728 g/mol. The Labute approximate surface area is 328 Å². The predicted octanol–water partition coefficient (Wildman–Crippen LogP) is 13.1. The van der Waals surface area contributed by atoms with Crippen molar-refractivity contribution in [2.24, 2.45) is 0 Å². The van der Waals surface area contributed by atoms with Crippen molar-refractivity contribution in [1.82, 2.24) is 23.7 Å². The van der Waals surface area contributed by atoms with Gasteiger partial charge in [-0.3, -0.25) is 4.98 Å². The number of nitrogens with zero attached hydrogens (tertiary/aromatic N) is 5. The SMILES string of the molecule is c1ccc2c(c1)c1ccccc1n2-c1ccc(-c2cncc(-c3cc(-n4c5ccccc5c5ccccc54)cc(-n4c5ccccc5c5ccccc54)c3)n2)cc1. The Bertz CT molecular complexity index is 3240. The average Bonchev–Trinajstić information content (AvgIpc) is 3.92. The molecule has 0 aliphatic rings. The molecule has 0 saturated heterocycles. The third-order valence-corrected chi connectivity index (χ3v) is 11.5. The second-order valence-corrected chi connectivity index (χ2v) is 14.7. The molecule has 57 heavy (non-hydrogen) atoms. The highest BCUT2D eigenvalue weighted by Gasteiger charge is 2.18. The lowest BCUT2D eigenvalue weighted by molar-refractivity contribution is 1.13. The van der Waals surface area contributed by atoms with Gasteiger partial charge in [-0.25, -0.2) is 4.98 Å². The second kappa shape index (κ2) is 12.4. The summed E-state index contributed by atoms with van der Waals surface area (Å²) in [5.74, 6) is 0. The van der Waals surface area contributed by atoms with Crippen LogP contribution in [0.4, 0.5) is 0 Å². The number of rotatable bonds is 5. The first kappa shape index (κ1) is 31.6. The molecule has 8 aromatic carbocycles. The van der Waals surface area contributed by atoms with Gasteiger partial charge in [-0.15, -0.1) is 0 Å². The maximum atomic E-state index is 5.31. The van der Waals surface area contributed by atoms with E-state index in [2.05, 4.69) is 202 Å². The highest BCUT2D eigenvalue weighted by atomic mass is 15.0. The van der Waals surface area contributed by atoms with E-state index in [0.29, 0.717) is 0 Å². The molecule has 0 aliphatic heterocycles. The van der Waals surface area contributed by atoms with Crippen LogP contribution in [0.5, 0.6) is 0 Å². The number of hydrogen-bond acceptors (Lipinski definition) is 2. The number of aromatic nitrogens is 5. The van der Waals surface area contributed by atoms with Gasteiger partial charge in [-0.1, -0.05) is 121 Å². The van der Waals surface area contributed by atoms with Crippen LogP contribution in [-0.2, 0) is 0 Å². The Balaban J connectivity index is 1.04. The van der Waals surface area contributed by atoms with Gasteiger partial charge in [0.05, 0.1) is 56.9 Å². The van der Waals surface area contributed by atoms with Crippen molar-refractivity contribution in [1.29, 1.82) is 0 Å². The zero-order valence-electron chi connectivity index (χ0n) is 30.8.